The van der Waals surface area contributed by atoms with Gasteiger partial charge < -0.3 is 23.9 Å². The van der Waals surface area contributed by atoms with Crippen LogP contribution in [0.3, 0.4) is 0 Å². The lowest BCUT2D eigenvalue weighted by molar-refractivity contribution is -0.123. The lowest BCUT2D eigenvalue weighted by Crippen LogP contribution is -2.28. The molecule has 168 valence electrons. The maximum Gasteiger partial charge on any atom is 0.344 e. The predicted octanol–water partition coefficient (Wildman–Crippen LogP) is 3.57. The van der Waals surface area contributed by atoms with Crippen LogP contribution in [0.1, 0.15) is 5.56 Å². The van der Waals surface area contributed by atoms with Gasteiger partial charge in [0.15, 0.2) is 18.1 Å². The number of ether oxygens (including phenoxy) is 3. The van der Waals surface area contributed by atoms with Gasteiger partial charge in [0.25, 0.3) is 5.91 Å². The molecule has 1 N–H and O–H groups in total. The molecule has 4 aromatic rings. The first kappa shape index (κ1) is 21.9. The highest BCUT2D eigenvalue weighted by Crippen LogP contribution is 2.32. The van der Waals surface area contributed by atoms with Gasteiger partial charge in [-0.1, -0.05) is 6.07 Å². The number of methoxy groups -OCH3 is 2. The summed E-state index contributed by atoms with van der Waals surface area (Å²) < 4.78 is 21.6. The molecule has 0 aliphatic carbocycles. The average molecular weight is 446 g/mol. The molecule has 0 saturated heterocycles. The Kier molecular flexibility index (Phi) is 6.54. The number of amides is 1. The smallest absolute Gasteiger partial charge is 0.344 e. The number of rotatable bonds is 8. The highest BCUT2D eigenvalue weighted by molar-refractivity contribution is 5.83. The fourth-order valence-corrected chi connectivity index (χ4v) is 3.29. The van der Waals surface area contributed by atoms with Gasteiger partial charge in [0.1, 0.15) is 11.3 Å². The molecule has 33 heavy (non-hydrogen) atoms. The zero-order valence-corrected chi connectivity index (χ0v) is 18.2. The first-order chi connectivity index (χ1) is 16.1. The van der Waals surface area contributed by atoms with Gasteiger partial charge in [0.05, 0.1) is 19.8 Å². The summed E-state index contributed by atoms with van der Waals surface area (Å²) in [5.74, 6) is 1.24. The fourth-order valence-electron chi connectivity index (χ4n) is 3.29. The molecule has 0 radical (unpaired) electrons. The van der Waals surface area contributed by atoms with E-state index in [-0.39, 0.29) is 12.5 Å². The number of nitrogens with one attached hydrogen (secondary N) is 1. The molecule has 0 bridgehead atoms. The van der Waals surface area contributed by atoms with E-state index in [4.69, 9.17) is 18.6 Å². The summed E-state index contributed by atoms with van der Waals surface area (Å²) in [4.78, 5) is 28.6. The van der Waals surface area contributed by atoms with Crippen LogP contribution in [-0.2, 0) is 11.3 Å². The number of nitrogens with zero attached hydrogens (tertiary/aromatic N) is 1. The molecule has 8 heteroatoms. The molecule has 0 fully saturated rings. The molecule has 0 aliphatic rings. The largest absolute Gasteiger partial charge is 0.493 e. The van der Waals surface area contributed by atoms with Gasteiger partial charge in [0.2, 0.25) is 0 Å². The number of carbonyl (C=O) groups is 1. The van der Waals surface area contributed by atoms with Crippen LogP contribution >= 0.6 is 0 Å². The van der Waals surface area contributed by atoms with E-state index in [9.17, 15) is 9.59 Å². The Labute approximate surface area is 189 Å². The van der Waals surface area contributed by atoms with Crippen molar-refractivity contribution in [3.05, 3.63) is 83.0 Å². The van der Waals surface area contributed by atoms with Gasteiger partial charge in [-0.2, -0.15) is 0 Å². The number of aromatic nitrogens is 1. The second-order valence-electron chi connectivity index (χ2n) is 7.14. The second kappa shape index (κ2) is 9.86. The molecule has 2 heterocycles. The Bertz CT molecular complexity index is 1330. The van der Waals surface area contributed by atoms with Crippen molar-refractivity contribution in [3.63, 3.8) is 0 Å². The van der Waals surface area contributed by atoms with E-state index in [1.807, 2.05) is 12.1 Å². The van der Waals surface area contributed by atoms with Gasteiger partial charge in [-0.05, 0) is 53.6 Å². The first-order valence-corrected chi connectivity index (χ1v) is 10.2. The van der Waals surface area contributed by atoms with Gasteiger partial charge in [-0.3, -0.25) is 9.78 Å². The predicted molar refractivity (Wildman–Crippen MR) is 123 cm³/mol. The standard InChI is InChI=1S/C25H22N2O6/c1-30-21-6-4-17(12-23(21)31-2)20-11-18-3-5-19(13-22(18)33-25(20)29)32-15-24(28)27-14-16-7-9-26-10-8-16/h3-13H,14-15H2,1-2H3,(H,27,28). The zero-order valence-electron chi connectivity index (χ0n) is 18.2. The Balaban J connectivity index is 1.47. The van der Waals surface area contributed by atoms with Gasteiger partial charge >= 0.3 is 5.63 Å². The van der Waals surface area contributed by atoms with Crippen LogP contribution in [0.25, 0.3) is 22.1 Å². The zero-order chi connectivity index (χ0) is 23.2. The van der Waals surface area contributed by atoms with Crippen molar-refractivity contribution in [2.24, 2.45) is 0 Å². The Morgan fingerprint density at radius 1 is 0.970 bits per heavy atom. The average Bonchev–Trinajstić information content (AvgIpc) is 2.85. The molecule has 1 amide bonds. The van der Waals surface area contributed by atoms with Crippen molar-refractivity contribution in [1.29, 1.82) is 0 Å². The molecule has 2 aromatic heterocycles. The van der Waals surface area contributed by atoms with Crippen LogP contribution in [0, 0.1) is 0 Å². The van der Waals surface area contributed by atoms with Gasteiger partial charge in [-0.15, -0.1) is 0 Å². The molecule has 0 spiro atoms. The van der Waals surface area contributed by atoms with Crippen LogP contribution in [0.2, 0.25) is 0 Å². The first-order valence-electron chi connectivity index (χ1n) is 10.2. The van der Waals surface area contributed by atoms with Crippen molar-refractivity contribution in [2.45, 2.75) is 6.54 Å². The van der Waals surface area contributed by atoms with Gasteiger partial charge in [-0.25, -0.2) is 4.79 Å². The number of hydrogen-bond acceptors (Lipinski definition) is 7. The minimum atomic E-state index is -0.498. The van der Waals surface area contributed by atoms with Crippen LogP contribution in [0.15, 0.2) is 76.2 Å². The van der Waals surface area contributed by atoms with E-state index in [2.05, 4.69) is 10.3 Å². The molecule has 0 atom stereocenters. The molecule has 4 rings (SSSR count). The summed E-state index contributed by atoms with van der Waals surface area (Å²) >= 11 is 0. The highest BCUT2D eigenvalue weighted by Gasteiger charge is 2.12. The maximum atomic E-state index is 12.6. The summed E-state index contributed by atoms with van der Waals surface area (Å²) in [6.07, 6.45) is 3.33. The minimum absolute atomic E-state index is 0.162. The number of carbonyl (C=O) groups excluding carboxylic acids is 1. The molecule has 0 aliphatic heterocycles. The Hall–Kier alpha value is -4.33. The van der Waals surface area contributed by atoms with Gasteiger partial charge in [0, 0.05) is 30.4 Å². The van der Waals surface area contributed by atoms with Crippen molar-refractivity contribution in [3.8, 4) is 28.4 Å². The summed E-state index contributed by atoms with van der Waals surface area (Å²) in [5, 5.41) is 3.49. The lowest BCUT2D eigenvalue weighted by atomic mass is 10.1. The van der Waals surface area contributed by atoms with Crippen LogP contribution in [-0.4, -0.2) is 31.7 Å². The number of benzene rings is 2. The quantitative estimate of drug-likeness (QED) is 0.413. The molecular formula is C25H22N2O6. The van der Waals surface area contributed by atoms with Crippen molar-refractivity contribution >= 4 is 16.9 Å². The fraction of sp³-hybridized carbons (Fsp3) is 0.160. The summed E-state index contributed by atoms with van der Waals surface area (Å²) in [7, 11) is 3.08. The van der Waals surface area contributed by atoms with Crippen LogP contribution in [0.5, 0.6) is 17.2 Å². The van der Waals surface area contributed by atoms with Crippen molar-refractivity contribution in [2.75, 3.05) is 20.8 Å². The maximum absolute atomic E-state index is 12.6. The van der Waals surface area contributed by atoms with E-state index in [0.29, 0.717) is 45.9 Å². The topological polar surface area (TPSA) is 99.9 Å². The number of hydrogen-bond donors (Lipinski definition) is 1. The Morgan fingerprint density at radius 3 is 2.52 bits per heavy atom. The minimum Gasteiger partial charge on any atom is -0.493 e. The van der Waals surface area contributed by atoms with E-state index in [1.165, 1.54) is 7.11 Å². The summed E-state index contributed by atoms with van der Waals surface area (Å²) in [6.45, 7) is 0.223. The molecule has 0 unspecified atom stereocenters. The summed E-state index contributed by atoms with van der Waals surface area (Å²) in [5.41, 5.74) is 1.85. The Morgan fingerprint density at radius 2 is 1.76 bits per heavy atom. The monoisotopic (exact) mass is 446 g/mol. The molecule has 8 nitrogen and oxygen atoms in total. The van der Waals surface area contributed by atoms with E-state index in [0.717, 1.165) is 5.56 Å². The third-order valence-electron chi connectivity index (χ3n) is 5.01. The molecular weight excluding hydrogens is 424 g/mol. The summed E-state index contributed by atoms with van der Waals surface area (Å²) in [6, 6.07) is 15.7. The van der Waals surface area contributed by atoms with E-state index >= 15 is 0 Å². The normalized spacial score (nSPS) is 10.6. The number of pyridine rings is 1. The van der Waals surface area contributed by atoms with E-state index in [1.54, 1.807) is 62.0 Å². The SMILES string of the molecule is COc1ccc(-c2cc3ccc(OCC(=O)NCc4ccncc4)cc3oc2=O)cc1OC. The third kappa shape index (κ3) is 5.12. The van der Waals surface area contributed by atoms with Crippen molar-refractivity contribution in [1.82, 2.24) is 10.3 Å². The van der Waals surface area contributed by atoms with Crippen LogP contribution in [0.4, 0.5) is 0 Å². The van der Waals surface area contributed by atoms with Crippen LogP contribution < -0.4 is 25.2 Å². The van der Waals surface area contributed by atoms with Crippen molar-refractivity contribution < 1.29 is 23.4 Å². The third-order valence-corrected chi connectivity index (χ3v) is 5.01. The lowest BCUT2D eigenvalue weighted by Gasteiger charge is -2.10. The van der Waals surface area contributed by atoms with E-state index < -0.39 is 5.63 Å². The highest BCUT2D eigenvalue weighted by atomic mass is 16.5. The molecule has 2 aromatic carbocycles. The number of fused-ring (bicyclic) bond motifs is 1. The molecule has 0 saturated carbocycles. The second-order valence-corrected chi connectivity index (χ2v) is 7.14.